The van der Waals surface area contributed by atoms with E-state index in [1.807, 2.05) is 36.4 Å². The zero-order valence-corrected chi connectivity index (χ0v) is 22.9. The van der Waals surface area contributed by atoms with Crippen LogP contribution < -0.4 is 18.9 Å². The van der Waals surface area contributed by atoms with Crippen LogP contribution in [0, 0.1) is 0 Å². The second kappa shape index (κ2) is 11.3. The smallest absolute Gasteiger partial charge is 0.254 e. The number of amides is 1. The van der Waals surface area contributed by atoms with Crippen molar-refractivity contribution >= 4 is 15.9 Å². The topological polar surface area (TPSA) is 94.6 Å². The molecule has 202 valence electrons. The lowest BCUT2D eigenvalue weighted by atomic mass is 9.91. The summed E-state index contributed by atoms with van der Waals surface area (Å²) in [5.41, 5.74) is 2.34. The summed E-state index contributed by atoms with van der Waals surface area (Å²) in [4.78, 5) is 15.6. The van der Waals surface area contributed by atoms with Crippen molar-refractivity contribution < 1.29 is 32.2 Å². The number of hydrogen-bond donors (Lipinski definition) is 0. The average Bonchev–Trinajstić information content (AvgIpc) is 2.94. The van der Waals surface area contributed by atoms with Crippen LogP contribution in [0.15, 0.2) is 65.6 Å². The van der Waals surface area contributed by atoms with E-state index in [9.17, 15) is 13.2 Å². The number of benzene rings is 3. The minimum absolute atomic E-state index is 0.124. The van der Waals surface area contributed by atoms with Crippen molar-refractivity contribution in [2.45, 2.75) is 17.4 Å². The van der Waals surface area contributed by atoms with Gasteiger partial charge in [-0.1, -0.05) is 0 Å². The van der Waals surface area contributed by atoms with Crippen molar-refractivity contribution in [2.24, 2.45) is 0 Å². The number of sulfonamides is 1. The van der Waals surface area contributed by atoms with E-state index < -0.39 is 16.1 Å². The molecule has 0 aliphatic carbocycles. The number of fused-ring (bicyclic) bond motifs is 1. The molecule has 3 aromatic rings. The van der Waals surface area contributed by atoms with E-state index in [0.717, 1.165) is 15.4 Å². The number of methoxy groups -OCH3 is 3. The van der Waals surface area contributed by atoms with Crippen LogP contribution in [0.4, 0.5) is 0 Å². The Morgan fingerprint density at radius 2 is 1.50 bits per heavy atom. The molecule has 1 aliphatic rings. The summed E-state index contributed by atoms with van der Waals surface area (Å²) in [7, 11) is 4.10. The van der Waals surface area contributed by atoms with Crippen LogP contribution in [0.2, 0.25) is 0 Å². The molecule has 0 fully saturated rings. The van der Waals surface area contributed by atoms with Crippen molar-refractivity contribution in [1.29, 1.82) is 0 Å². The predicted octanol–water partition coefficient (Wildman–Crippen LogP) is 3.78. The average molecular weight is 541 g/mol. The molecule has 3 aromatic carbocycles. The predicted molar refractivity (Wildman–Crippen MR) is 143 cm³/mol. The highest BCUT2D eigenvalue weighted by molar-refractivity contribution is 7.89. The lowest BCUT2D eigenvalue weighted by Gasteiger charge is -2.37. The highest BCUT2D eigenvalue weighted by Crippen LogP contribution is 2.39. The molecule has 0 unspecified atom stereocenters. The van der Waals surface area contributed by atoms with Crippen LogP contribution >= 0.6 is 0 Å². The lowest BCUT2D eigenvalue weighted by Crippen LogP contribution is -2.42. The van der Waals surface area contributed by atoms with Gasteiger partial charge in [0.1, 0.15) is 18.1 Å². The van der Waals surface area contributed by atoms with Gasteiger partial charge in [-0.15, -0.1) is 0 Å². The summed E-state index contributed by atoms with van der Waals surface area (Å²) >= 11 is 0. The molecule has 1 heterocycles. The van der Waals surface area contributed by atoms with Gasteiger partial charge in [0, 0.05) is 26.2 Å². The summed E-state index contributed by atoms with van der Waals surface area (Å²) in [5, 5.41) is 0. The van der Waals surface area contributed by atoms with Crippen molar-refractivity contribution in [2.75, 3.05) is 48.6 Å². The fraction of sp³-hybridized carbons (Fsp3) is 0.321. The Morgan fingerprint density at radius 1 is 0.895 bits per heavy atom. The standard InChI is InChI=1S/C28H32N2O7S/c1-29(2)38(32,33)23-12-6-19(7-13-23)28(31)30-15-14-20-16-26(35-4)27(36-5)17-24(20)25(30)18-37-22-10-8-21(34-3)9-11-22/h6-13,16-17,25H,14-15,18H2,1-5H3/t25-/m1/s1. The molecule has 0 radical (unpaired) electrons. The minimum Gasteiger partial charge on any atom is -0.497 e. The van der Waals surface area contributed by atoms with Crippen LogP contribution in [0.3, 0.4) is 0 Å². The number of carbonyl (C=O) groups is 1. The maximum absolute atomic E-state index is 13.7. The molecular formula is C28H32N2O7S. The SMILES string of the molecule is COc1ccc(OC[C@@H]2c3cc(OC)c(OC)cc3CCN2C(=O)c2ccc(S(=O)(=O)N(C)C)cc2)cc1. The number of ether oxygens (including phenoxy) is 4. The van der Waals surface area contributed by atoms with E-state index in [0.29, 0.717) is 41.5 Å². The van der Waals surface area contributed by atoms with E-state index >= 15 is 0 Å². The number of hydrogen-bond acceptors (Lipinski definition) is 7. The monoisotopic (exact) mass is 540 g/mol. The summed E-state index contributed by atoms with van der Waals surface area (Å²) < 4.78 is 48.4. The molecule has 1 aliphatic heterocycles. The van der Waals surface area contributed by atoms with Crippen molar-refractivity contribution in [1.82, 2.24) is 9.21 Å². The first kappa shape index (κ1) is 27.3. The first-order valence-corrected chi connectivity index (χ1v) is 13.5. The van der Waals surface area contributed by atoms with E-state index in [1.165, 1.54) is 26.2 Å². The quantitative estimate of drug-likeness (QED) is 0.408. The van der Waals surface area contributed by atoms with Gasteiger partial charge in [-0.3, -0.25) is 4.79 Å². The van der Waals surface area contributed by atoms with Crippen LogP contribution in [-0.4, -0.2) is 72.1 Å². The normalized spacial score (nSPS) is 15.1. The Morgan fingerprint density at radius 3 is 2.08 bits per heavy atom. The lowest BCUT2D eigenvalue weighted by molar-refractivity contribution is 0.0589. The van der Waals surface area contributed by atoms with E-state index in [-0.39, 0.29) is 17.4 Å². The summed E-state index contributed by atoms with van der Waals surface area (Å²) in [6.45, 7) is 0.656. The largest absolute Gasteiger partial charge is 0.497 e. The Hall–Kier alpha value is -3.76. The number of nitrogens with zero attached hydrogens (tertiary/aromatic N) is 2. The van der Waals surface area contributed by atoms with Crippen LogP contribution in [0.25, 0.3) is 0 Å². The second-order valence-corrected chi connectivity index (χ2v) is 11.1. The molecule has 9 nitrogen and oxygen atoms in total. The first-order valence-electron chi connectivity index (χ1n) is 12.0. The molecule has 0 saturated heterocycles. The summed E-state index contributed by atoms with van der Waals surface area (Å²) in [6, 6.07) is 16.7. The van der Waals surface area contributed by atoms with E-state index in [2.05, 4.69) is 0 Å². The Labute approximate surface area is 223 Å². The Balaban J connectivity index is 1.67. The molecule has 0 N–H and O–H groups in total. The van der Waals surface area contributed by atoms with Gasteiger partial charge in [0.25, 0.3) is 5.91 Å². The highest BCUT2D eigenvalue weighted by Gasteiger charge is 2.33. The maximum Gasteiger partial charge on any atom is 0.254 e. The molecular weight excluding hydrogens is 508 g/mol. The van der Waals surface area contributed by atoms with Crippen LogP contribution in [0.1, 0.15) is 27.5 Å². The van der Waals surface area contributed by atoms with Crippen LogP contribution in [-0.2, 0) is 16.4 Å². The molecule has 1 atom stereocenters. The minimum atomic E-state index is -3.60. The summed E-state index contributed by atoms with van der Waals surface area (Å²) in [6.07, 6.45) is 0.619. The summed E-state index contributed by atoms with van der Waals surface area (Å²) in [5.74, 6) is 2.33. The van der Waals surface area contributed by atoms with Gasteiger partial charge in [-0.05, 0) is 78.2 Å². The Bertz CT molecular complexity index is 1390. The third-order valence-corrected chi connectivity index (χ3v) is 8.44. The van der Waals surface area contributed by atoms with Crippen molar-refractivity contribution in [3.05, 3.63) is 77.4 Å². The second-order valence-electron chi connectivity index (χ2n) is 8.97. The van der Waals surface area contributed by atoms with Crippen LogP contribution in [0.5, 0.6) is 23.0 Å². The van der Waals surface area contributed by atoms with Gasteiger partial charge in [-0.2, -0.15) is 0 Å². The zero-order valence-electron chi connectivity index (χ0n) is 22.1. The molecule has 0 saturated carbocycles. The number of rotatable bonds is 9. The third-order valence-electron chi connectivity index (χ3n) is 6.61. The van der Waals surface area contributed by atoms with Gasteiger partial charge in [-0.25, -0.2) is 12.7 Å². The van der Waals surface area contributed by atoms with Crippen molar-refractivity contribution in [3.8, 4) is 23.0 Å². The van der Waals surface area contributed by atoms with Gasteiger partial charge in [0.2, 0.25) is 10.0 Å². The molecule has 0 bridgehead atoms. The maximum atomic E-state index is 13.7. The molecule has 0 aromatic heterocycles. The fourth-order valence-corrected chi connectivity index (χ4v) is 5.35. The Kier molecular flexibility index (Phi) is 8.13. The van der Waals surface area contributed by atoms with Gasteiger partial charge >= 0.3 is 0 Å². The molecule has 38 heavy (non-hydrogen) atoms. The van der Waals surface area contributed by atoms with Gasteiger partial charge in [0.15, 0.2) is 11.5 Å². The van der Waals surface area contributed by atoms with Crippen molar-refractivity contribution in [3.63, 3.8) is 0 Å². The van der Waals surface area contributed by atoms with Gasteiger partial charge in [0.05, 0.1) is 32.3 Å². The zero-order chi connectivity index (χ0) is 27.4. The van der Waals surface area contributed by atoms with E-state index in [4.69, 9.17) is 18.9 Å². The molecule has 1 amide bonds. The fourth-order valence-electron chi connectivity index (χ4n) is 4.44. The van der Waals surface area contributed by atoms with E-state index in [1.54, 1.807) is 38.4 Å². The first-order chi connectivity index (χ1) is 18.2. The molecule has 4 rings (SSSR count). The molecule has 0 spiro atoms. The highest BCUT2D eigenvalue weighted by atomic mass is 32.2. The third kappa shape index (κ3) is 5.41. The molecule has 10 heteroatoms. The van der Waals surface area contributed by atoms with Gasteiger partial charge < -0.3 is 23.8 Å². The number of carbonyl (C=O) groups excluding carboxylic acids is 1.